The van der Waals surface area contributed by atoms with E-state index in [1.807, 2.05) is 12.2 Å². The third-order valence-electron chi connectivity index (χ3n) is 1.27. The average Bonchev–Trinajstić information content (AvgIpc) is 1.99. The van der Waals surface area contributed by atoms with Crippen LogP contribution in [0, 0.1) is 0 Å². The molecule has 0 saturated carbocycles. The Morgan fingerprint density at radius 3 is 2.54 bits per heavy atom. The number of carbonyl (C=O) groups excluding carboxylic acids is 1. The van der Waals surface area contributed by atoms with Crippen molar-refractivity contribution in [3.8, 4) is 0 Å². The molecule has 6 nitrogen and oxygen atoms in total. The summed E-state index contributed by atoms with van der Waals surface area (Å²) >= 11 is 0. The van der Waals surface area contributed by atoms with Gasteiger partial charge in [0.1, 0.15) is 5.78 Å². The minimum absolute atomic E-state index is 0.236. The summed E-state index contributed by atoms with van der Waals surface area (Å²) in [4.78, 5) is 28.0. The largest absolute Gasteiger partial charge is 0.450 e. The minimum Gasteiger partial charge on any atom is -0.450 e. The van der Waals surface area contributed by atoms with Crippen molar-refractivity contribution < 1.29 is 23.9 Å². The fraction of sp³-hybridized carbons (Fsp3) is 0.833. The van der Waals surface area contributed by atoms with Crippen molar-refractivity contribution in [2.75, 3.05) is 6.61 Å². The molecule has 0 aliphatic heterocycles. The molecule has 13 heavy (non-hydrogen) atoms. The lowest BCUT2D eigenvalue weighted by molar-refractivity contribution is 0.144. The highest BCUT2D eigenvalue weighted by molar-refractivity contribution is 7.52. The normalized spacial score (nSPS) is 13.5. The standard InChI is InChI=1S/C6H14NO5P/c1-3-4-12-6(8)7-5(2)13(9,10)11/h5H,3-4H2,1-2H3,(H,7,8)(H2,9,10,11). The zero-order chi connectivity index (χ0) is 10.5. The van der Waals surface area contributed by atoms with E-state index in [0.29, 0.717) is 6.42 Å². The first-order chi connectivity index (χ1) is 5.88. The lowest BCUT2D eigenvalue weighted by atomic mass is 10.5. The van der Waals surface area contributed by atoms with Crippen molar-refractivity contribution in [2.24, 2.45) is 0 Å². The van der Waals surface area contributed by atoms with E-state index < -0.39 is 19.5 Å². The summed E-state index contributed by atoms with van der Waals surface area (Å²) in [7, 11) is -4.25. The Balaban J connectivity index is 3.86. The molecule has 0 bridgehead atoms. The van der Waals surface area contributed by atoms with Crippen LogP contribution in [-0.4, -0.2) is 28.3 Å². The van der Waals surface area contributed by atoms with Crippen LogP contribution >= 0.6 is 7.60 Å². The summed E-state index contributed by atoms with van der Waals surface area (Å²) in [6, 6.07) is 0. The van der Waals surface area contributed by atoms with Crippen LogP contribution in [0.2, 0.25) is 0 Å². The van der Waals surface area contributed by atoms with E-state index in [2.05, 4.69) is 4.74 Å². The maximum Gasteiger partial charge on any atom is 0.407 e. The molecular weight excluding hydrogens is 197 g/mol. The molecular formula is C6H14NO5P. The quantitative estimate of drug-likeness (QED) is 0.593. The molecule has 0 aliphatic carbocycles. The van der Waals surface area contributed by atoms with E-state index in [4.69, 9.17) is 9.79 Å². The summed E-state index contributed by atoms with van der Waals surface area (Å²) < 4.78 is 15.1. The van der Waals surface area contributed by atoms with Crippen LogP contribution in [0.4, 0.5) is 4.79 Å². The van der Waals surface area contributed by atoms with Gasteiger partial charge < -0.3 is 19.8 Å². The molecule has 0 rings (SSSR count). The van der Waals surface area contributed by atoms with Gasteiger partial charge >= 0.3 is 13.7 Å². The molecule has 0 radical (unpaired) electrons. The predicted octanol–water partition coefficient (Wildman–Crippen LogP) is 0.646. The number of hydrogen-bond acceptors (Lipinski definition) is 3. The van der Waals surface area contributed by atoms with Crippen molar-refractivity contribution in [3.63, 3.8) is 0 Å². The van der Waals surface area contributed by atoms with Crippen LogP contribution in [0.3, 0.4) is 0 Å². The first-order valence-electron chi connectivity index (χ1n) is 3.86. The van der Waals surface area contributed by atoms with Crippen LogP contribution in [0.1, 0.15) is 20.3 Å². The highest BCUT2D eigenvalue weighted by atomic mass is 31.2. The summed E-state index contributed by atoms with van der Waals surface area (Å²) in [6.07, 6.45) is -0.143. The highest BCUT2D eigenvalue weighted by Crippen LogP contribution is 2.38. The van der Waals surface area contributed by atoms with Gasteiger partial charge in [0.15, 0.2) is 0 Å². The fourth-order valence-electron chi connectivity index (χ4n) is 0.491. The van der Waals surface area contributed by atoms with E-state index >= 15 is 0 Å². The topological polar surface area (TPSA) is 95.9 Å². The molecule has 0 fully saturated rings. The summed E-state index contributed by atoms with van der Waals surface area (Å²) in [6.45, 7) is 3.27. The molecule has 1 amide bonds. The third kappa shape index (κ3) is 5.63. The van der Waals surface area contributed by atoms with Gasteiger partial charge in [0.2, 0.25) is 0 Å². The van der Waals surface area contributed by atoms with Gasteiger partial charge in [-0.3, -0.25) is 4.57 Å². The van der Waals surface area contributed by atoms with E-state index in [1.54, 1.807) is 0 Å². The van der Waals surface area contributed by atoms with Crippen LogP contribution in [0.15, 0.2) is 0 Å². The molecule has 7 heteroatoms. The maximum atomic E-state index is 10.8. The molecule has 1 atom stereocenters. The van der Waals surface area contributed by atoms with Crippen LogP contribution < -0.4 is 5.32 Å². The van der Waals surface area contributed by atoms with E-state index in [-0.39, 0.29) is 6.61 Å². The average molecular weight is 211 g/mol. The Kier molecular flexibility index (Phi) is 4.98. The van der Waals surface area contributed by atoms with Gasteiger partial charge in [-0.05, 0) is 13.3 Å². The Bertz CT molecular complexity index is 213. The lowest BCUT2D eigenvalue weighted by Crippen LogP contribution is -2.33. The predicted molar refractivity (Wildman–Crippen MR) is 46.3 cm³/mol. The van der Waals surface area contributed by atoms with Gasteiger partial charge in [0, 0.05) is 0 Å². The molecule has 0 aliphatic rings. The lowest BCUT2D eigenvalue weighted by Gasteiger charge is -2.14. The number of rotatable bonds is 4. The van der Waals surface area contributed by atoms with Crippen molar-refractivity contribution in [3.05, 3.63) is 0 Å². The van der Waals surface area contributed by atoms with Crippen molar-refractivity contribution in [1.29, 1.82) is 0 Å². The first-order valence-corrected chi connectivity index (χ1v) is 5.54. The number of hydrogen-bond donors (Lipinski definition) is 3. The van der Waals surface area contributed by atoms with Gasteiger partial charge in [0.25, 0.3) is 0 Å². The van der Waals surface area contributed by atoms with E-state index in [1.165, 1.54) is 6.92 Å². The monoisotopic (exact) mass is 211 g/mol. The third-order valence-corrected chi connectivity index (χ3v) is 2.41. The van der Waals surface area contributed by atoms with E-state index in [9.17, 15) is 9.36 Å². The molecule has 0 aromatic carbocycles. The number of amides is 1. The summed E-state index contributed by atoms with van der Waals surface area (Å²) in [5.74, 6) is -1.21. The molecule has 78 valence electrons. The van der Waals surface area contributed by atoms with Gasteiger partial charge in [-0.1, -0.05) is 6.92 Å². The summed E-state index contributed by atoms with van der Waals surface area (Å²) in [5, 5.41) is 2.03. The van der Waals surface area contributed by atoms with Crippen molar-refractivity contribution in [1.82, 2.24) is 5.32 Å². The molecule has 0 spiro atoms. The van der Waals surface area contributed by atoms with Gasteiger partial charge in [-0.15, -0.1) is 0 Å². The smallest absolute Gasteiger partial charge is 0.407 e. The summed E-state index contributed by atoms with van der Waals surface area (Å²) in [5.41, 5.74) is 0. The molecule has 3 N–H and O–H groups in total. The molecule has 0 aromatic heterocycles. The Morgan fingerprint density at radius 2 is 2.15 bits per heavy atom. The number of alkyl carbamates (subject to hydrolysis) is 1. The maximum absolute atomic E-state index is 10.8. The van der Waals surface area contributed by atoms with Crippen molar-refractivity contribution >= 4 is 13.7 Å². The second-order valence-corrected chi connectivity index (χ2v) is 4.50. The minimum atomic E-state index is -4.25. The Labute approximate surface area is 76.4 Å². The molecule has 0 heterocycles. The van der Waals surface area contributed by atoms with E-state index in [0.717, 1.165) is 0 Å². The molecule has 0 saturated heterocycles. The first kappa shape index (κ1) is 12.4. The number of carbonyl (C=O) groups is 1. The Morgan fingerprint density at radius 1 is 1.62 bits per heavy atom. The zero-order valence-electron chi connectivity index (χ0n) is 7.56. The van der Waals surface area contributed by atoms with Gasteiger partial charge in [0.05, 0.1) is 6.61 Å². The SMILES string of the molecule is CCCOC(=O)NC(C)P(=O)(O)O. The molecule has 0 aromatic rings. The van der Waals surface area contributed by atoms with Gasteiger partial charge in [-0.2, -0.15) is 0 Å². The van der Waals surface area contributed by atoms with Crippen LogP contribution in [0.25, 0.3) is 0 Å². The van der Waals surface area contributed by atoms with Gasteiger partial charge in [-0.25, -0.2) is 4.79 Å². The fourth-order valence-corrected chi connectivity index (χ4v) is 0.765. The van der Waals surface area contributed by atoms with Crippen LogP contribution in [-0.2, 0) is 9.30 Å². The zero-order valence-corrected chi connectivity index (χ0v) is 8.45. The second kappa shape index (κ2) is 5.21. The highest BCUT2D eigenvalue weighted by Gasteiger charge is 2.25. The second-order valence-electron chi connectivity index (χ2n) is 2.55. The number of ether oxygens (including phenoxy) is 1. The number of nitrogens with one attached hydrogen (secondary N) is 1. The van der Waals surface area contributed by atoms with Crippen molar-refractivity contribution in [2.45, 2.75) is 26.1 Å². The van der Waals surface area contributed by atoms with Crippen LogP contribution in [0.5, 0.6) is 0 Å². The Hall–Kier alpha value is -0.580. The molecule has 1 unspecified atom stereocenters.